The molecular weight excluding hydrogens is 407 g/mol. The molecule has 0 radical (unpaired) electrons. The Labute approximate surface area is 173 Å². The van der Waals surface area contributed by atoms with Crippen molar-refractivity contribution < 1.29 is 17.6 Å². The summed E-state index contributed by atoms with van der Waals surface area (Å²) in [6.07, 6.45) is 4.12. The normalized spacial score (nSPS) is 20.5. The fraction of sp³-hybridized carbons (Fsp3) is 0.381. The highest BCUT2D eigenvalue weighted by atomic mass is 32.2. The van der Waals surface area contributed by atoms with Gasteiger partial charge in [0, 0.05) is 36.7 Å². The molecule has 7 nitrogen and oxygen atoms in total. The van der Waals surface area contributed by atoms with Crippen LogP contribution in [0.25, 0.3) is 5.65 Å². The van der Waals surface area contributed by atoms with E-state index in [9.17, 15) is 17.6 Å². The standard InChI is InChI=1S/C21H21FN4O3S/c1-13-10-20-23-12-17-18-7-4-15(11-19(17)26(20)24-13)25(18)21(27)8-9-30(28,29)16-5-2-14(22)3-6-16/h2-3,5-6,10,12,15,18H,4,7-9,11H2,1H3/t15-,18+/m0/s1. The number of carbonyl (C=O) groups is 1. The summed E-state index contributed by atoms with van der Waals surface area (Å²) >= 11 is 0. The van der Waals surface area contributed by atoms with Crippen molar-refractivity contribution in [1.82, 2.24) is 19.5 Å². The topological polar surface area (TPSA) is 84.6 Å². The molecule has 2 aromatic heterocycles. The molecule has 0 unspecified atom stereocenters. The van der Waals surface area contributed by atoms with Gasteiger partial charge in [-0.25, -0.2) is 22.3 Å². The van der Waals surface area contributed by atoms with E-state index in [-0.39, 0.29) is 35.1 Å². The van der Waals surface area contributed by atoms with E-state index in [2.05, 4.69) is 10.1 Å². The van der Waals surface area contributed by atoms with Gasteiger partial charge >= 0.3 is 0 Å². The van der Waals surface area contributed by atoms with Gasteiger partial charge in [0.1, 0.15) is 5.82 Å². The minimum absolute atomic E-state index is 0.0318. The first-order valence-corrected chi connectivity index (χ1v) is 11.6. The Morgan fingerprint density at radius 3 is 2.77 bits per heavy atom. The van der Waals surface area contributed by atoms with E-state index in [1.165, 1.54) is 12.1 Å². The number of nitrogens with zero attached hydrogens (tertiary/aromatic N) is 4. The van der Waals surface area contributed by atoms with Crippen molar-refractivity contribution in [3.8, 4) is 0 Å². The van der Waals surface area contributed by atoms with E-state index in [1.807, 2.05) is 28.6 Å². The molecule has 1 saturated heterocycles. The van der Waals surface area contributed by atoms with Crippen LogP contribution in [0.3, 0.4) is 0 Å². The van der Waals surface area contributed by atoms with Crippen molar-refractivity contribution in [2.24, 2.45) is 0 Å². The Hall–Kier alpha value is -2.81. The van der Waals surface area contributed by atoms with Crippen LogP contribution < -0.4 is 0 Å². The summed E-state index contributed by atoms with van der Waals surface area (Å²) in [6, 6.07) is 6.57. The van der Waals surface area contributed by atoms with Crippen LogP contribution in [-0.4, -0.2) is 45.6 Å². The lowest BCUT2D eigenvalue weighted by molar-refractivity contribution is -0.134. The zero-order chi connectivity index (χ0) is 21.0. The molecule has 2 aliphatic rings. The van der Waals surface area contributed by atoms with Gasteiger partial charge in [0.15, 0.2) is 15.5 Å². The second-order valence-electron chi connectivity index (χ2n) is 7.99. The van der Waals surface area contributed by atoms with Crippen LogP contribution in [0.2, 0.25) is 0 Å². The molecule has 3 aromatic rings. The molecule has 0 N–H and O–H groups in total. The van der Waals surface area contributed by atoms with Crippen molar-refractivity contribution in [1.29, 1.82) is 0 Å². The van der Waals surface area contributed by atoms with Crippen molar-refractivity contribution >= 4 is 21.4 Å². The molecule has 1 aromatic carbocycles. The van der Waals surface area contributed by atoms with Crippen LogP contribution in [0.4, 0.5) is 4.39 Å². The Morgan fingerprint density at radius 1 is 1.23 bits per heavy atom. The third-order valence-electron chi connectivity index (χ3n) is 6.07. The Bertz CT molecular complexity index is 1250. The predicted molar refractivity (Wildman–Crippen MR) is 107 cm³/mol. The van der Waals surface area contributed by atoms with Gasteiger partial charge < -0.3 is 4.90 Å². The number of carbonyl (C=O) groups excluding carboxylic acids is 1. The monoisotopic (exact) mass is 428 g/mol. The van der Waals surface area contributed by atoms with Crippen LogP contribution in [-0.2, 0) is 21.1 Å². The fourth-order valence-corrected chi connectivity index (χ4v) is 5.92. The summed E-state index contributed by atoms with van der Waals surface area (Å²) in [7, 11) is -3.65. The van der Waals surface area contributed by atoms with Gasteiger partial charge in [0.05, 0.1) is 28.1 Å². The number of benzene rings is 1. The first-order valence-electron chi connectivity index (χ1n) is 9.97. The summed E-state index contributed by atoms with van der Waals surface area (Å²) in [5.41, 5.74) is 3.78. The third kappa shape index (κ3) is 3.08. The molecule has 0 aliphatic carbocycles. The minimum Gasteiger partial charge on any atom is -0.332 e. The number of aromatic nitrogens is 3. The van der Waals surface area contributed by atoms with Crippen LogP contribution in [0.1, 0.15) is 42.3 Å². The van der Waals surface area contributed by atoms with Crippen LogP contribution >= 0.6 is 0 Å². The van der Waals surface area contributed by atoms with E-state index in [4.69, 9.17) is 0 Å². The van der Waals surface area contributed by atoms with Crippen molar-refractivity contribution in [3.63, 3.8) is 0 Å². The largest absolute Gasteiger partial charge is 0.332 e. The summed E-state index contributed by atoms with van der Waals surface area (Å²) in [4.78, 5) is 19.4. The molecule has 1 amide bonds. The first kappa shape index (κ1) is 19.2. The van der Waals surface area contributed by atoms with Gasteiger partial charge in [-0.1, -0.05) is 0 Å². The molecule has 2 atom stereocenters. The number of aryl methyl sites for hydroxylation is 1. The van der Waals surface area contributed by atoms with Crippen molar-refractivity contribution in [2.45, 2.75) is 49.6 Å². The second-order valence-corrected chi connectivity index (χ2v) is 10.1. The molecule has 2 aliphatic heterocycles. The zero-order valence-corrected chi connectivity index (χ0v) is 17.3. The van der Waals surface area contributed by atoms with Crippen molar-refractivity contribution in [2.75, 3.05) is 5.75 Å². The number of sulfone groups is 1. The maximum absolute atomic E-state index is 13.1. The fourth-order valence-electron chi connectivity index (χ4n) is 4.69. The quantitative estimate of drug-likeness (QED) is 0.597. The average molecular weight is 428 g/mol. The summed E-state index contributed by atoms with van der Waals surface area (Å²) < 4.78 is 40.0. The SMILES string of the molecule is Cc1cc2ncc3c(n2n1)C[C@@H]1CC[C@H]3N1C(=O)CCS(=O)(=O)c1ccc(F)cc1. The number of hydrogen-bond donors (Lipinski definition) is 0. The molecular formula is C21H21FN4O3S. The second kappa shape index (κ2) is 6.87. The Balaban J connectivity index is 1.37. The lowest BCUT2D eigenvalue weighted by Crippen LogP contribution is -2.43. The minimum atomic E-state index is -3.65. The maximum atomic E-state index is 13.1. The average Bonchev–Trinajstić information content (AvgIpc) is 3.25. The van der Waals surface area contributed by atoms with Crippen LogP contribution in [0.5, 0.6) is 0 Å². The van der Waals surface area contributed by atoms with Gasteiger partial charge in [-0.15, -0.1) is 0 Å². The van der Waals surface area contributed by atoms with E-state index in [0.29, 0.717) is 6.42 Å². The zero-order valence-electron chi connectivity index (χ0n) is 16.5. The highest BCUT2D eigenvalue weighted by Gasteiger charge is 2.43. The Kier molecular flexibility index (Phi) is 4.39. The third-order valence-corrected chi connectivity index (χ3v) is 7.81. The van der Waals surface area contributed by atoms with E-state index in [0.717, 1.165) is 47.6 Å². The summed E-state index contributed by atoms with van der Waals surface area (Å²) in [5.74, 6) is -0.963. The lowest BCUT2D eigenvalue weighted by Gasteiger charge is -2.36. The van der Waals surface area contributed by atoms with Gasteiger partial charge in [0.25, 0.3) is 0 Å². The molecule has 30 heavy (non-hydrogen) atoms. The Morgan fingerprint density at radius 2 is 2.00 bits per heavy atom. The number of fused-ring (bicyclic) bond motifs is 6. The highest BCUT2D eigenvalue weighted by Crippen LogP contribution is 2.43. The molecule has 5 rings (SSSR count). The van der Waals surface area contributed by atoms with Gasteiger partial charge in [-0.05, 0) is 44.0 Å². The van der Waals surface area contributed by atoms with Crippen LogP contribution in [0, 0.1) is 12.7 Å². The smallest absolute Gasteiger partial charge is 0.224 e. The van der Waals surface area contributed by atoms with Gasteiger partial charge in [0.2, 0.25) is 5.91 Å². The number of halogens is 1. The molecule has 1 fully saturated rings. The van der Waals surface area contributed by atoms with Crippen molar-refractivity contribution in [3.05, 3.63) is 59.3 Å². The number of amides is 1. The first-order chi connectivity index (χ1) is 14.3. The predicted octanol–water partition coefficient (Wildman–Crippen LogP) is 2.63. The summed E-state index contributed by atoms with van der Waals surface area (Å²) in [6.45, 7) is 1.93. The number of hydrogen-bond acceptors (Lipinski definition) is 5. The van der Waals surface area contributed by atoms with Gasteiger partial charge in [-0.2, -0.15) is 5.10 Å². The van der Waals surface area contributed by atoms with E-state index >= 15 is 0 Å². The molecule has 9 heteroatoms. The summed E-state index contributed by atoms with van der Waals surface area (Å²) in [5, 5.41) is 4.55. The van der Waals surface area contributed by atoms with E-state index in [1.54, 1.807) is 0 Å². The number of rotatable bonds is 4. The molecule has 156 valence electrons. The molecule has 0 spiro atoms. The molecule has 2 bridgehead atoms. The molecule has 4 heterocycles. The van der Waals surface area contributed by atoms with Crippen LogP contribution in [0.15, 0.2) is 41.4 Å². The highest BCUT2D eigenvalue weighted by molar-refractivity contribution is 7.91. The maximum Gasteiger partial charge on any atom is 0.224 e. The van der Waals surface area contributed by atoms with E-state index < -0.39 is 15.7 Å². The van der Waals surface area contributed by atoms with Gasteiger partial charge in [-0.3, -0.25) is 4.79 Å². The molecule has 0 saturated carbocycles. The lowest BCUT2D eigenvalue weighted by atomic mass is 9.99.